The van der Waals surface area contributed by atoms with E-state index in [1.807, 2.05) is 0 Å². The molecule has 0 heterocycles. The Morgan fingerprint density at radius 1 is 1.24 bits per heavy atom. The molecule has 0 aliphatic heterocycles. The minimum absolute atomic E-state index is 0.168. The molecular formula is C8H12N3O4PS. The van der Waals surface area contributed by atoms with E-state index in [-0.39, 0.29) is 10.7 Å². The molecule has 0 aliphatic rings. The summed E-state index contributed by atoms with van der Waals surface area (Å²) in [5.41, 5.74) is 10.2. The number of carbonyl (C=O) groups excluding carboxylic acids is 1. The largest absolute Gasteiger partial charge is 0.295 e. The van der Waals surface area contributed by atoms with Crippen LogP contribution in [0.4, 0.5) is 0 Å². The third-order valence-electron chi connectivity index (χ3n) is 1.83. The van der Waals surface area contributed by atoms with E-state index in [2.05, 4.69) is 0 Å². The van der Waals surface area contributed by atoms with E-state index in [1.54, 1.807) is 4.49 Å². The number of sulfonamides is 1. The van der Waals surface area contributed by atoms with Crippen molar-refractivity contribution in [1.82, 2.24) is 4.49 Å². The summed E-state index contributed by atoms with van der Waals surface area (Å²) in [6.45, 7) is 1.36. The third-order valence-corrected chi connectivity index (χ3v) is 4.83. The standard InChI is InChI=1S/C8H12N3O4PS/c1-6(12)7-2-4-8(5-3-7)17(14,15)11-16(9,10)13/h2-5H,1H3,(H5,9,10,11,13). The Morgan fingerprint density at radius 2 is 1.71 bits per heavy atom. The summed E-state index contributed by atoms with van der Waals surface area (Å²) in [5, 5.41) is 0. The fourth-order valence-electron chi connectivity index (χ4n) is 1.11. The summed E-state index contributed by atoms with van der Waals surface area (Å²) < 4.78 is 35.9. The topological polar surface area (TPSA) is 132 Å². The van der Waals surface area contributed by atoms with Crippen LogP contribution in [0.1, 0.15) is 17.3 Å². The molecule has 0 spiro atoms. The number of hydrogen-bond acceptors (Lipinski definition) is 4. The minimum Gasteiger partial charge on any atom is -0.295 e. The molecule has 94 valence electrons. The average Bonchev–Trinajstić information content (AvgIpc) is 2.14. The molecule has 7 nitrogen and oxygen atoms in total. The van der Waals surface area contributed by atoms with Crippen LogP contribution >= 0.6 is 7.59 Å². The first-order chi connectivity index (χ1) is 7.62. The molecule has 1 rings (SSSR count). The summed E-state index contributed by atoms with van der Waals surface area (Å²) >= 11 is 0. The highest BCUT2D eigenvalue weighted by Crippen LogP contribution is 2.23. The van der Waals surface area contributed by atoms with Crippen molar-refractivity contribution in [2.24, 2.45) is 11.0 Å². The van der Waals surface area contributed by atoms with E-state index in [0.717, 1.165) is 0 Å². The third kappa shape index (κ3) is 4.03. The van der Waals surface area contributed by atoms with Gasteiger partial charge in [0.1, 0.15) is 0 Å². The van der Waals surface area contributed by atoms with Gasteiger partial charge < -0.3 is 0 Å². The number of Topliss-reactive ketones (excluding diaryl/α,β-unsaturated/α-hetero) is 1. The van der Waals surface area contributed by atoms with Crippen LogP contribution in [0.25, 0.3) is 0 Å². The lowest BCUT2D eigenvalue weighted by molar-refractivity contribution is 0.101. The van der Waals surface area contributed by atoms with E-state index < -0.39 is 17.6 Å². The summed E-state index contributed by atoms with van der Waals surface area (Å²) in [6.07, 6.45) is 0. The fraction of sp³-hybridized carbons (Fsp3) is 0.125. The molecule has 0 amide bonds. The van der Waals surface area contributed by atoms with E-state index in [0.29, 0.717) is 5.56 Å². The van der Waals surface area contributed by atoms with Gasteiger partial charge in [-0.25, -0.2) is 8.42 Å². The molecular weight excluding hydrogens is 265 g/mol. The van der Waals surface area contributed by atoms with Gasteiger partial charge >= 0.3 is 0 Å². The number of nitrogens with one attached hydrogen (secondary N) is 1. The van der Waals surface area contributed by atoms with Gasteiger partial charge in [0.25, 0.3) is 7.59 Å². The predicted molar refractivity (Wildman–Crippen MR) is 62.7 cm³/mol. The lowest BCUT2D eigenvalue weighted by Crippen LogP contribution is -2.28. The maximum atomic E-state index is 11.6. The van der Waals surface area contributed by atoms with Crippen LogP contribution in [0.3, 0.4) is 0 Å². The molecule has 0 aliphatic carbocycles. The Labute approximate surface area is 98.8 Å². The summed E-state index contributed by atoms with van der Waals surface area (Å²) in [5.74, 6) is -0.190. The Morgan fingerprint density at radius 3 is 2.06 bits per heavy atom. The van der Waals surface area contributed by atoms with Crippen LogP contribution < -0.4 is 15.5 Å². The van der Waals surface area contributed by atoms with Gasteiger partial charge in [0.2, 0.25) is 10.0 Å². The molecule has 0 saturated carbocycles. The highest BCUT2D eigenvalue weighted by atomic mass is 32.2. The van der Waals surface area contributed by atoms with Crippen LogP contribution in [-0.2, 0) is 14.6 Å². The van der Waals surface area contributed by atoms with Crippen molar-refractivity contribution in [2.75, 3.05) is 0 Å². The summed E-state index contributed by atoms with van der Waals surface area (Å²) in [4.78, 5) is 10.8. The van der Waals surface area contributed by atoms with Gasteiger partial charge in [-0.1, -0.05) is 12.1 Å². The zero-order valence-electron chi connectivity index (χ0n) is 8.95. The van der Waals surface area contributed by atoms with Crippen LogP contribution in [0.5, 0.6) is 0 Å². The molecule has 0 aromatic heterocycles. The zero-order chi connectivity index (χ0) is 13.3. The molecule has 5 N–H and O–H groups in total. The van der Waals surface area contributed by atoms with Crippen LogP contribution in [0.2, 0.25) is 0 Å². The first kappa shape index (κ1) is 14.0. The van der Waals surface area contributed by atoms with Gasteiger partial charge in [0.05, 0.1) is 4.90 Å². The molecule has 1 aromatic rings. The van der Waals surface area contributed by atoms with Gasteiger partial charge in [-0.15, -0.1) is 4.49 Å². The molecule has 0 bridgehead atoms. The molecule has 0 atom stereocenters. The Bertz CT molecular complexity index is 575. The smallest absolute Gasteiger partial charge is 0.287 e. The van der Waals surface area contributed by atoms with Gasteiger partial charge in [-0.3, -0.25) is 20.4 Å². The monoisotopic (exact) mass is 277 g/mol. The first-order valence-corrected chi connectivity index (χ1v) is 7.77. The molecule has 0 saturated heterocycles. The predicted octanol–water partition coefficient (Wildman–Crippen LogP) is 0.193. The second-order valence-corrected chi connectivity index (χ2v) is 7.01. The number of nitrogens with two attached hydrogens (primary N) is 2. The van der Waals surface area contributed by atoms with Crippen molar-refractivity contribution in [1.29, 1.82) is 0 Å². The molecule has 0 fully saturated rings. The van der Waals surface area contributed by atoms with Crippen molar-refractivity contribution in [3.63, 3.8) is 0 Å². The quantitative estimate of drug-likeness (QED) is 0.531. The number of rotatable bonds is 4. The summed E-state index contributed by atoms with van der Waals surface area (Å²) in [7, 11) is -7.92. The van der Waals surface area contributed by atoms with Gasteiger partial charge in [0, 0.05) is 5.56 Å². The minimum atomic E-state index is -4.03. The van der Waals surface area contributed by atoms with Crippen LogP contribution in [-0.4, -0.2) is 14.2 Å². The lowest BCUT2D eigenvalue weighted by Gasteiger charge is -2.09. The van der Waals surface area contributed by atoms with Gasteiger partial charge in [-0.2, -0.15) is 0 Å². The maximum absolute atomic E-state index is 11.6. The Kier molecular flexibility index (Phi) is 3.85. The first-order valence-electron chi connectivity index (χ1n) is 4.44. The lowest BCUT2D eigenvalue weighted by atomic mass is 10.2. The van der Waals surface area contributed by atoms with Crippen molar-refractivity contribution < 1.29 is 17.8 Å². The van der Waals surface area contributed by atoms with E-state index in [4.69, 9.17) is 11.0 Å². The highest BCUT2D eigenvalue weighted by Gasteiger charge is 2.21. The molecule has 9 heteroatoms. The van der Waals surface area contributed by atoms with E-state index in [1.165, 1.54) is 31.2 Å². The number of benzene rings is 1. The van der Waals surface area contributed by atoms with Crippen LogP contribution in [0, 0.1) is 0 Å². The van der Waals surface area contributed by atoms with Crippen LogP contribution in [0.15, 0.2) is 29.2 Å². The Balaban J connectivity index is 3.09. The normalized spacial score (nSPS) is 12.4. The molecule has 0 unspecified atom stereocenters. The number of ketones is 1. The average molecular weight is 277 g/mol. The van der Waals surface area contributed by atoms with Crippen molar-refractivity contribution in [2.45, 2.75) is 11.8 Å². The molecule has 1 aromatic carbocycles. The van der Waals surface area contributed by atoms with E-state index in [9.17, 15) is 17.8 Å². The molecule has 17 heavy (non-hydrogen) atoms. The van der Waals surface area contributed by atoms with Crippen molar-refractivity contribution in [3.8, 4) is 0 Å². The SMILES string of the molecule is CC(=O)c1ccc(S(=O)(=O)NP(N)(N)=O)cc1. The second kappa shape index (κ2) is 4.67. The number of hydrogen-bond donors (Lipinski definition) is 3. The van der Waals surface area contributed by atoms with Crippen molar-refractivity contribution >= 4 is 23.4 Å². The van der Waals surface area contributed by atoms with E-state index >= 15 is 0 Å². The molecule has 0 radical (unpaired) electrons. The van der Waals surface area contributed by atoms with Crippen molar-refractivity contribution in [3.05, 3.63) is 29.8 Å². The fourth-order valence-corrected chi connectivity index (χ4v) is 3.53. The second-order valence-electron chi connectivity index (χ2n) is 3.38. The summed E-state index contributed by atoms with van der Waals surface area (Å²) in [6, 6.07) is 5.09. The maximum Gasteiger partial charge on any atom is 0.287 e. The number of carbonyl (C=O) groups is 1. The van der Waals surface area contributed by atoms with Gasteiger partial charge in [0.15, 0.2) is 5.78 Å². The zero-order valence-corrected chi connectivity index (χ0v) is 10.7. The van der Waals surface area contributed by atoms with Gasteiger partial charge in [-0.05, 0) is 19.1 Å². The highest BCUT2D eigenvalue weighted by molar-refractivity contribution is 7.95. The Hall–Kier alpha value is -1.05.